The first-order chi connectivity index (χ1) is 32.2. The zero-order valence-electron chi connectivity index (χ0n) is 35.3. The molecule has 304 valence electrons. The SMILES string of the molecule is c1ccc(-c2ccc(-c3ccc(N(c4ccc(-c5cccc6sc7c(-c8ccccc8)cccc7c56)cc4)c4cccc5c4ccc4ccccc45)cc3)c3c2oc2ccccc23)cc1. The standard InChI is InChI=1S/C62H39NOS/c1-3-14-40(15-4-1)50-39-38-49(60-54-20-9-10-26-57(54)64-61(50)60)44-30-35-46(36-31-44)63(56-25-12-23-52-47-19-8-7-18-42(47)32-37-53(52)56)45-33-28-43(29-34-45)48-21-13-27-58-59(48)55-24-11-22-51(62(55)65-58)41-16-5-2-6-17-41/h1-39H. The number of anilines is 3. The third kappa shape index (κ3) is 6.16. The monoisotopic (exact) mass is 845 g/mol. The van der Waals surface area contributed by atoms with Gasteiger partial charge in [-0.1, -0.05) is 188 Å². The van der Waals surface area contributed by atoms with Crippen LogP contribution in [0.2, 0.25) is 0 Å². The minimum Gasteiger partial charge on any atom is -0.455 e. The van der Waals surface area contributed by atoms with Crippen molar-refractivity contribution in [2.75, 3.05) is 4.90 Å². The molecule has 2 nitrogen and oxygen atoms in total. The predicted molar refractivity (Wildman–Crippen MR) is 278 cm³/mol. The first-order valence-electron chi connectivity index (χ1n) is 22.2. The molecule has 65 heavy (non-hydrogen) atoms. The van der Waals surface area contributed by atoms with Gasteiger partial charge >= 0.3 is 0 Å². The molecular weight excluding hydrogens is 807 g/mol. The maximum Gasteiger partial charge on any atom is 0.143 e. The van der Waals surface area contributed by atoms with Crippen LogP contribution in [-0.4, -0.2) is 0 Å². The van der Waals surface area contributed by atoms with Crippen molar-refractivity contribution in [3.8, 4) is 44.5 Å². The summed E-state index contributed by atoms with van der Waals surface area (Å²) in [5.74, 6) is 0. The summed E-state index contributed by atoms with van der Waals surface area (Å²) in [4.78, 5) is 2.42. The van der Waals surface area contributed by atoms with E-state index in [1.54, 1.807) is 0 Å². The van der Waals surface area contributed by atoms with Crippen LogP contribution in [0.3, 0.4) is 0 Å². The average Bonchev–Trinajstić information content (AvgIpc) is 3.97. The van der Waals surface area contributed by atoms with Gasteiger partial charge in [-0.25, -0.2) is 0 Å². The second-order valence-corrected chi connectivity index (χ2v) is 17.8. The first-order valence-corrected chi connectivity index (χ1v) is 23.0. The van der Waals surface area contributed by atoms with Crippen molar-refractivity contribution in [2.45, 2.75) is 0 Å². The molecule has 13 aromatic rings. The molecule has 0 aliphatic heterocycles. The van der Waals surface area contributed by atoms with E-state index in [4.69, 9.17) is 4.42 Å². The summed E-state index contributed by atoms with van der Waals surface area (Å²) in [5.41, 5.74) is 14.6. The Morgan fingerprint density at radius 1 is 0.323 bits per heavy atom. The summed E-state index contributed by atoms with van der Waals surface area (Å²) < 4.78 is 9.27. The number of nitrogens with zero attached hydrogens (tertiary/aromatic N) is 1. The Hall–Kier alpha value is -8.24. The highest BCUT2D eigenvalue weighted by Crippen LogP contribution is 2.47. The van der Waals surface area contributed by atoms with Crippen LogP contribution in [0.5, 0.6) is 0 Å². The van der Waals surface area contributed by atoms with Crippen LogP contribution in [0, 0.1) is 0 Å². The third-order valence-corrected chi connectivity index (χ3v) is 14.3. The Balaban J connectivity index is 0.954. The lowest BCUT2D eigenvalue weighted by atomic mass is 9.94. The minimum absolute atomic E-state index is 0.891. The number of furan rings is 1. The molecule has 0 saturated carbocycles. The zero-order chi connectivity index (χ0) is 42.8. The van der Waals surface area contributed by atoms with Gasteiger partial charge in [0, 0.05) is 53.3 Å². The van der Waals surface area contributed by atoms with E-state index in [-0.39, 0.29) is 0 Å². The molecular formula is C62H39NOS. The number of hydrogen-bond acceptors (Lipinski definition) is 3. The van der Waals surface area contributed by atoms with Gasteiger partial charge in [0.15, 0.2) is 0 Å². The van der Waals surface area contributed by atoms with Crippen molar-refractivity contribution >= 4 is 92.1 Å². The number of rotatable bonds is 7. The lowest BCUT2D eigenvalue weighted by Gasteiger charge is -2.27. The van der Waals surface area contributed by atoms with Crippen LogP contribution in [0.4, 0.5) is 17.1 Å². The highest BCUT2D eigenvalue weighted by molar-refractivity contribution is 7.26. The van der Waals surface area contributed by atoms with Crippen LogP contribution in [0.25, 0.3) is 108 Å². The molecule has 3 heteroatoms. The van der Waals surface area contributed by atoms with Crippen molar-refractivity contribution < 1.29 is 4.42 Å². The third-order valence-electron chi connectivity index (χ3n) is 13.1. The van der Waals surface area contributed by atoms with Crippen molar-refractivity contribution in [3.05, 3.63) is 237 Å². The number of hydrogen-bond donors (Lipinski definition) is 0. The maximum atomic E-state index is 6.65. The van der Waals surface area contributed by atoms with Gasteiger partial charge in [0.25, 0.3) is 0 Å². The van der Waals surface area contributed by atoms with E-state index in [1.807, 2.05) is 17.4 Å². The Kier molecular flexibility index (Phi) is 8.75. The van der Waals surface area contributed by atoms with Crippen molar-refractivity contribution in [1.82, 2.24) is 0 Å². The Bertz CT molecular complexity index is 3920. The summed E-state index contributed by atoms with van der Waals surface area (Å²) in [7, 11) is 0. The fourth-order valence-corrected chi connectivity index (χ4v) is 11.3. The molecule has 0 bridgehead atoms. The summed E-state index contributed by atoms with van der Waals surface area (Å²) in [6.45, 7) is 0. The highest BCUT2D eigenvalue weighted by atomic mass is 32.1. The van der Waals surface area contributed by atoms with Crippen molar-refractivity contribution in [2.24, 2.45) is 0 Å². The van der Waals surface area contributed by atoms with Gasteiger partial charge in [-0.2, -0.15) is 0 Å². The van der Waals surface area contributed by atoms with Gasteiger partial charge < -0.3 is 9.32 Å². The summed E-state index contributed by atoms with van der Waals surface area (Å²) >= 11 is 1.88. The van der Waals surface area contributed by atoms with E-state index in [2.05, 4.69) is 235 Å². The normalized spacial score (nSPS) is 11.7. The molecule has 13 rings (SSSR count). The fourth-order valence-electron chi connectivity index (χ4n) is 10.1. The van der Waals surface area contributed by atoms with Gasteiger partial charge in [-0.15, -0.1) is 11.3 Å². The van der Waals surface area contributed by atoms with Crippen LogP contribution in [-0.2, 0) is 0 Å². The van der Waals surface area contributed by atoms with Crippen LogP contribution in [0.1, 0.15) is 0 Å². The van der Waals surface area contributed by atoms with E-state index < -0.39 is 0 Å². The van der Waals surface area contributed by atoms with E-state index >= 15 is 0 Å². The van der Waals surface area contributed by atoms with Gasteiger partial charge in [-0.3, -0.25) is 0 Å². The van der Waals surface area contributed by atoms with Gasteiger partial charge in [0.2, 0.25) is 0 Å². The first kappa shape index (κ1) is 37.3. The molecule has 11 aromatic carbocycles. The number of para-hydroxylation sites is 1. The Morgan fingerprint density at radius 2 is 0.877 bits per heavy atom. The number of thiophene rings is 1. The number of fused-ring (bicyclic) bond motifs is 9. The molecule has 0 amide bonds. The van der Waals surface area contributed by atoms with Gasteiger partial charge in [0.1, 0.15) is 11.2 Å². The lowest BCUT2D eigenvalue weighted by molar-refractivity contribution is 0.670. The Morgan fingerprint density at radius 3 is 1.63 bits per heavy atom. The molecule has 0 N–H and O–H groups in total. The molecule has 0 saturated heterocycles. The van der Waals surface area contributed by atoms with Crippen LogP contribution >= 0.6 is 11.3 Å². The molecule has 0 atom stereocenters. The van der Waals surface area contributed by atoms with Crippen LogP contribution < -0.4 is 4.90 Å². The van der Waals surface area contributed by atoms with E-state index in [0.717, 1.165) is 61.3 Å². The van der Waals surface area contributed by atoms with Crippen molar-refractivity contribution in [3.63, 3.8) is 0 Å². The summed E-state index contributed by atoms with van der Waals surface area (Å²) in [5, 5.41) is 9.77. The Labute approximate surface area is 380 Å². The fraction of sp³-hybridized carbons (Fsp3) is 0. The molecule has 2 heterocycles. The second kappa shape index (κ2) is 15.2. The largest absolute Gasteiger partial charge is 0.455 e. The highest BCUT2D eigenvalue weighted by Gasteiger charge is 2.21. The molecule has 0 unspecified atom stereocenters. The molecule has 0 radical (unpaired) electrons. The molecule has 2 aromatic heterocycles. The quantitative estimate of drug-likeness (QED) is 0.149. The van der Waals surface area contributed by atoms with E-state index in [9.17, 15) is 0 Å². The van der Waals surface area contributed by atoms with E-state index in [0.29, 0.717) is 0 Å². The average molecular weight is 846 g/mol. The predicted octanol–water partition coefficient (Wildman–Crippen LogP) is 18.4. The molecule has 0 spiro atoms. The smallest absolute Gasteiger partial charge is 0.143 e. The van der Waals surface area contributed by atoms with Crippen molar-refractivity contribution in [1.29, 1.82) is 0 Å². The molecule has 0 aliphatic carbocycles. The summed E-state index contributed by atoms with van der Waals surface area (Å²) in [6, 6.07) is 85.8. The zero-order valence-corrected chi connectivity index (χ0v) is 36.1. The maximum absolute atomic E-state index is 6.65. The molecule has 0 aliphatic rings. The van der Waals surface area contributed by atoms with Gasteiger partial charge in [0.05, 0.1) is 5.69 Å². The topological polar surface area (TPSA) is 16.4 Å². The molecule has 0 fully saturated rings. The minimum atomic E-state index is 0.891. The van der Waals surface area contributed by atoms with Crippen LogP contribution in [0.15, 0.2) is 241 Å². The number of benzene rings is 11. The van der Waals surface area contributed by atoms with Gasteiger partial charge in [-0.05, 0) is 104 Å². The van der Waals surface area contributed by atoms with E-state index in [1.165, 1.54) is 64.0 Å². The lowest BCUT2D eigenvalue weighted by Crippen LogP contribution is -2.10. The second-order valence-electron chi connectivity index (χ2n) is 16.7. The summed E-state index contributed by atoms with van der Waals surface area (Å²) in [6.07, 6.45) is 0.